The van der Waals surface area contributed by atoms with Crippen LogP contribution in [0.1, 0.15) is 47.4 Å². The normalized spacial score (nSPS) is 17.4. The van der Waals surface area contributed by atoms with E-state index in [-0.39, 0.29) is 35.3 Å². The van der Waals surface area contributed by atoms with Crippen molar-refractivity contribution < 1.29 is 18.3 Å². The van der Waals surface area contributed by atoms with E-state index in [9.17, 15) is 18.8 Å². The van der Waals surface area contributed by atoms with Crippen LogP contribution in [0.25, 0.3) is 0 Å². The summed E-state index contributed by atoms with van der Waals surface area (Å²) in [5.41, 5.74) is 11.7. The Kier molecular flexibility index (Phi) is 6.73. The van der Waals surface area contributed by atoms with Crippen LogP contribution in [0, 0.1) is 36.8 Å². The van der Waals surface area contributed by atoms with Crippen LogP contribution in [0.2, 0.25) is 0 Å². The number of aryl methyl sites for hydroxylation is 2. The summed E-state index contributed by atoms with van der Waals surface area (Å²) in [5.74, 6) is -0.913. The summed E-state index contributed by atoms with van der Waals surface area (Å²) in [6.07, 6.45) is 1.51. The van der Waals surface area contributed by atoms with Crippen molar-refractivity contribution in [3.8, 4) is 11.8 Å². The van der Waals surface area contributed by atoms with Crippen molar-refractivity contribution in [1.29, 1.82) is 5.26 Å². The molecule has 5 nitrogen and oxygen atoms in total. The molecule has 38 heavy (non-hydrogen) atoms. The van der Waals surface area contributed by atoms with Gasteiger partial charge in [0.2, 0.25) is 0 Å². The van der Waals surface area contributed by atoms with Gasteiger partial charge in [-0.15, -0.1) is 0 Å². The number of nitriles is 1. The molecule has 3 aromatic rings. The lowest BCUT2D eigenvalue weighted by atomic mass is 9.74. The number of allylic oxidation sites excluding steroid dienone is 3. The first-order valence-electron chi connectivity index (χ1n) is 12.5. The molecule has 192 valence electrons. The summed E-state index contributed by atoms with van der Waals surface area (Å²) in [7, 11) is 0. The lowest BCUT2D eigenvalue weighted by Gasteiger charge is -2.40. The fourth-order valence-corrected chi connectivity index (χ4v) is 5.38. The topological polar surface area (TPSA) is 79.4 Å². The van der Waals surface area contributed by atoms with Gasteiger partial charge in [0.25, 0.3) is 0 Å². The van der Waals surface area contributed by atoms with Crippen molar-refractivity contribution in [2.75, 3.05) is 4.90 Å². The first kappa shape index (κ1) is 25.2. The molecule has 0 amide bonds. The summed E-state index contributed by atoms with van der Waals surface area (Å²) in [5, 5.41) is 10.3. The van der Waals surface area contributed by atoms with E-state index in [1.807, 2.05) is 26.0 Å². The van der Waals surface area contributed by atoms with Crippen molar-refractivity contribution >= 4 is 11.5 Å². The molecule has 3 aromatic carbocycles. The summed E-state index contributed by atoms with van der Waals surface area (Å²) < 4.78 is 34.1. The monoisotopic (exact) mass is 511 g/mol. The number of hydrogen-bond donors (Lipinski definition) is 1. The van der Waals surface area contributed by atoms with Crippen LogP contribution in [-0.4, -0.2) is 5.78 Å². The predicted octanol–water partition coefficient (Wildman–Crippen LogP) is 6.47. The Morgan fingerprint density at radius 1 is 1.05 bits per heavy atom. The molecule has 0 aromatic heterocycles. The minimum atomic E-state index is -0.670. The van der Waals surface area contributed by atoms with E-state index in [0.717, 1.165) is 22.3 Å². The maximum atomic E-state index is 14.9. The predicted molar refractivity (Wildman–Crippen MR) is 141 cm³/mol. The van der Waals surface area contributed by atoms with E-state index in [0.29, 0.717) is 36.3 Å². The van der Waals surface area contributed by atoms with Crippen LogP contribution < -0.4 is 15.4 Å². The third kappa shape index (κ3) is 4.43. The zero-order valence-electron chi connectivity index (χ0n) is 21.2. The van der Waals surface area contributed by atoms with E-state index in [4.69, 9.17) is 10.5 Å². The second kappa shape index (κ2) is 10.1. The smallest absolute Gasteiger partial charge is 0.161 e. The van der Waals surface area contributed by atoms with Gasteiger partial charge in [-0.3, -0.25) is 9.69 Å². The minimum Gasteiger partial charge on any atom is -0.489 e. The van der Waals surface area contributed by atoms with E-state index in [1.165, 1.54) is 18.2 Å². The Hall–Kier alpha value is -4.44. The molecule has 2 aliphatic rings. The summed E-state index contributed by atoms with van der Waals surface area (Å²) in [6, 6.07) is 18.2. The molecule has 0 saturated carbocycles. The fraction of sp³-hybridized carbons (Fsp3) is 0.226. The Labute approximate surface area is 220 Å². The highest BCUT2D eigenvalue weighted by molar-refractivity contribution is 6.01. The van der Waals surface area contributed by atoms with E-state index < -0.39 is 11.7 Å². The number of rotatable bonds is 5. The lowest BCUT2D eigenvalue weighted by Crippen LogP contribution is -2.39. The maximum Gasteiger partial charge on any atom is 0.161 e. The van der Waals surface area contributed by atoms with Gasteiger partial charge in [0, 0.05) is 17.7 Å². The molecule has 0 spiro atoms. The molecule has 0 fully saturated rings. The number of benzene rings is 3. The molecular weight excluding hydrogens is 484 g/mol. The molecule has 7 heteroatoms. The van der Waals surface area contributed by atoms with Crippen molar-refractivity contribution in [2.45, 2.75) is 45.6 Å². The average Bonchev–Trinajstić information content (AvgIpc) is 2.89. The van der Waals surface area contributed by atoms with E-state index in [1.54, 1.807) is 35.2 Å². The summed E-state index contributed by atoms with van der Waals surface area (Å²) in [4.78, 5) is 15.0. The maximum absolute atomic E-state index is 14.9. The SMILES string of the molecule is Cc1cc(C)c(C2C(C#N)=C(N)N(c3ccccc3F)C3=C2C(=O)CCC3)cc1COc1ccc(F)cc1. The number of nitrogens with zero attached hydrogens (tertiary/aromatic N) is 2. The standard InChI is InChI=1S/C31H27F2N3O2/c1-18-14-19(2)23(15-20(18)17-38-22-12-10-21(32)11-13-22)29-24(16-34)31(35)36(26-7-4-3-6-25(26)33)27-8-5-9-28(37)30(27)29/h3-4,6-7,10-15,29H,5,8-9,17,35H2,1-2H3. The molecule has 1 aliphatic heterocycles. The van der Waals surface area contributed by atoms with Crippen LogP contribution in [0.15, 0.2) is 83.3 Å². The second-order valence-electron chi connectivity index (χ2n) is 9.65. The number of para-hydroxylation sites is 1. The number of carbonyl (C=O) groups excluding carboxylic acids is 1. The lowest BCUT2D eigenvalue weighted by molar-refractivity contribution is -0.116. The zero-order valence-corrected chi connectivity index (χ0v) is 21.2. The number of hydrogen-bond acceptors (Lipinski definition) is 5. The zero-order chi connectivity index (χ0) is 27.0. The Morgan fingerprint density at radius 3 is 2.50 bits per heavy atom. The molecule has 0 radical (unpaired) electrons. The molecule has 1 heterocycles. The number of ether oxygens (including phenoxy) is 1. The van der Waals surface area contributed by atoms with E-state index >= 15 is 0 Å². The molecule has 1 atom stereocenters. The van der Waals surface area contributed by atoms with Gasteiger partial charge in [-0.2, -0.15) is 5.26 Å². The highest BCUT2D eigenvalue weighted by Gasteiger charge is 2.41. The highest BCUT2D eigenvalue weighted by Crippen LogP contribution is 2.47. The third-order valence-corrected chi connectivity index (χ3v) is 7.25. The second-order valence-corrected chi connectivity index (χ2v) is 9.65. The van der Waals surface area contributed by atoms with Crippen molar-refractivity contribution in [2.24, 2.45) is 5.73 Å². The molecule has 5 rings (SSSR count). The Bertz CT molecular complexity index is 1530. The first-order chi connectivity index (χ1) is 18.3. The number of Topliss-reactive ketones (excluding diaryl/α,β-unsaturated/α-hetero) is 1. The van der Waals surface area contributed by atoms with Gasteiger partial charge in [0.1, 0.15) is 29.8 Å². The molecule has 2 N–H and O–H groups in total. The first-order valence-corrected chi connectivity index (χ1v) is 12.5. The van der Waals surface area contributed by atoms with Crippen LogP contribution >= 0.6 is 0 Å². The molecule has 0 bridgehead atoms. The van der Waals surface area contributed by atoms with Crippen LogP contribution in [0.4, 0.5) is 14.5 Å². The van der Waals surface area contributed by atoms with Gasteiger partial charge in [0.05, 0.1) is 23.2 Å². The van der Waals surface area contributed by atoms with Gasteiger partial charge in [0.15, 0.2) is 5.78 Å². The molecular formula is C31H27F2N3O2. The number of nitrogens with two attached hydrogens (primary N) is 1. The van der Waals surface area contributed by atoms with Crippen molar-refractivity contribution in [1.82, 2.24) is 0 Å². The number of anilines is 1. The molecule has 0 saturated heterocycles. The number of ketones is 1. The van der Waals surface area contributed by atoms with Crippen LogP contribution in [0.5, 0.6) is 5.75 Å². The van der Waals surface area contributed by atoms with E-state index in [2.05, 4.69) is 6.07 Å². The van der Waals surface area contributed by atoms with Crippen molar-refractivity contribution in [3.63, 3.8) is 0 Å². The van der Waals surface area contributed by atoms with Gasteiger partial charge in [-0.25, -0.2) is 8.78 Å². The largest absolute Gasteiger partial charge is 0.489 e. The van der Waals surface area contributed by atoms with Gasteiger partial charge in [-0.1, -0.05) is 24.3 Å². The van der Waals surface area contributed by atoms with Gasteiger partial charge >= 0.3 is 0 Å². The fourth-order valence-electron chi connectivity index (χ4n) is 5.38. The quantitative estimate of drug-likeness (QED) is 0.425. The third-order valence-electron chi connectivity index (χ3n) is 7.25. The summed E-state index contributed by atoms with van der Waals surface area (Å²) >= 11 is 0. The van der Waals surface area contributed by atoms with Crippen LogP contribution in [0.3, 0.4) is 0 Å². The number of halogens is 2. The van der Waals surface area contributed by atoms with Gasteiger partial charge in [-0.05, 0) is 85.3 Å². The van der Waals surface area contributed by atoms with Crippen molar-refractivity contribution in [3.05, 3.63) is 117 Å². The Morgan fingerprint density at radius 2 is 1.79 bits per heavy atom. The number of carbonyl (C=O) groups is 1. The summed E-state index contributed by atoms with van der Waals surface area (Å²) in [6.45, 7) is 4.13. The molecule has 1 unspecified atom stereocenters. The van der Waals surface area contributed by atoms with Gasteiger partial charge < -0.3 is 10.5 Å². The molecule has 1 aliphatic carbocycles. The highest BCUT2D eigenvalue weighted by atomic mass is 19.1. The minimum absolute atomic E-state index is 0.0677. The van der Waals surface area contributed by atoms with Crippen LogP contribution in [-0.2, 0) is 11.4 Å². The Balaban J connectivity index is 1.63. The average molecular weight is 512 g/mol.